The van der Waals surface area contributed by atoms with Crippen molar-refractivity contribution in [1.29, 1.82) is 0 Å². The maximum atomic E-state index is 12.0. The van der Waals surface area contributed by atoms with Crippen molar-refractivity contribution in [3.63, 3.8) is 0 Å². The average molecular weight is 299 g/mol. The number of benzene rings is 1. The molecule has 2 unspecified atom stereocenters. The largest absolute Gasteiger partial charge is 0.389 e. The summed E-state index contributed by atoms with van der Waals surface area (Å²) in [6, 6.07) is 9.56. The van der Waals surface area contributed by atoms with Crippen LogP contribution in [0.25, 0.3) is 0 Å². The molecule has 2 N–H and O–H groups in total. The van der Waals surface area contributed by atoms with Crippen LogP contribution < -0.4 is 4.72 Å². The van der Waals surface area contributed by atoms with Crippen molar-refractivity contribution in [2.24, 2.45) is 0 Å². The second-order valence-electron chi connectivity index (χ2n) is 5.66. The van der Waals surface area contributed by atoms with Gasteiger partial charge in [-0.05, 0) is 24.8 Å². The molecule has 1 aromatic rings. The van der Waals surface area contributed by atoms with E-state index in [4.69, 9.17) is 0 Å². The van der Waals surface area contributed by atoms with E-state index in [2.05, 4.69) is 4.72 Å². The number of hydrogen-bond acceptors (Lipinski definition) is 3. The Morgan fingerprint density at radius 2 is 1.90 bits per heavy atom. The van der Waals surface area contributed by atoms with Gasteiger partial charge in [0.05, 0.1) is 11.4 Å². The van der Waals surface area contributed by atoms with Gasteiger partial charge in [0.25, 0.3) is 0 Å². The first-order valence-electron chi connectivity index (χ1n) is 7.00. The number of hydrogen-bond donors (Lipinski definition) is 2. The van der Waals surface area contributed by atoms with Crippen molar-refractivity contribution >= 4 is 10.0 Å². The van der Waals surface area contributed by atoms with Crippen LogP contribution in [0.3, 0.4) is 0 Å². The summed E-state index contributed by atoms with van der Waals surface area (Å²) in [7, 11) is -3.39. The summed E-state index contributed by atoms with van der Waals surface area (Å²) < 4.78 is 26.6. The zero-order valence-corrected chi connectivity index (χ0v) is 13.3. The normalized spacial score (nSPS) is 16.6. The summed E-state index contributed by atoms with van der Waals surface area (Å²) in [4.78, 5) is 0. The molecule has 0 radical (unpaired) electrons. The highest BCUT2D eigenvalue weighted by Gasteiger charge is 2.23. The molecule has 114 valence electrons. The molecule has 0 saturated carbocycles. The maximum Gasteiger partial charge on any atom is 0.212 e. The number of nitrogens with one attached hydrogen (secondary N) is 1. The van der Waals surface area contributed by atoms with Gasteiger partial charge in [-0.3, -0.25) is 0 Å². The minimum absolute atomic E-state index is 0.0270. The quantitative estimate of drug-likeness (QED) is 0.774. The first-order chi connectivity index (χ1) is 9.26. The first-order valence-corrected chi connectivity index (χ1v) is 8.65. The number of rotatable bonds is 8. The third-order valence-electron chi connectivity index (χ3n) is 3.30. The summed E-state index contributed by atoms with van der Waals surface area (Å²) in [6.07, 6.45) is 1.39. The third kappa shape index (κ3) is 6.03. The van der Waals surface area contributed by atoms with Crippen LogP contribution in [-0.4, -0.2) is 31.4 Å². The predicted molar refractivity (Wildman–Crippen MR) is 82.2 cm³/mol. The molecular formula is C15H25NO3S. The van der Waals surface area contributed by atoms with Crippen molar-refractivity contribution < 1.29 is 13.5 Å². The van der Waals surface area contributed by atoms with Crippen molar-refractivity contribution in [3.8, 4) is 0 Å². The van der Waals surface area contributed by atoms with E-state index < -0.39 is 15.6 Å². The maximum absolute atomic E-state index is 12.0. The van der Waals surface area contributed by atoms with Gasteiger partial charge < -0.3 is 5.11 Å². The van der Waals surface area contributed by atoms with Crippen LogP contribution in [0.4, 0.5) is 0 Å². The molecule has 0 aliphatic carbocycles. The molecule has 4 nitrogen and oxygen atoms in total. The average Bonchev–Trinajstić information content (AvgIpc) is 2.37. The molecular weight excluding hydrogens is 274 g/mol. The SMILES string of the molecule is CCCC(C)(O)CNS(=O)(=O)CC(C)c1ccccc1. The Hall–Kier alpha value is -0.910. The molecule has 2 atom stereocenters. The molecule has 5 heteroatoms. The van der Waals surface area contributed by atoms with Gasteiger partial charge in [-0.25, -0.2) is 13.1 Å². The van der Waals surface area contributed by atoms with Gasteiger partial charge in [0, 0.05) is 6.54 Å². The van der Waals surface area contributed by atoms with E-state index >= 15 is 0 Å². The van der Waals surface area contributed by atoms with E-state index in [0.29, 0.717) is 6.42 Å². The van der Waals surface area contributed by atoms with Crippen LogP contribution in [0.5, 0.6) is 0 Å². The molecule has 1 aromatic carbocycles. The second-order valence-corrected chi connectivity index (χ2v) is 7.51. The highest BCUT2D eigenvalue weighted by molar-refractivity contribution is 7.89. The van der Waals surface area contributed by atoms with Gasteiger partial charge in [-0.15, -0.1) is 0 Å². The second kappa shape index (κ2) is 7.20. The van der Waals surface area contributed by atoms with E-state index in [-0.39, 0.29) is 18.2 Å². The summed E-state index contributed by atoms with van der Waals surface area (Å²) in [5.41, 5.74) is 0.0100. The molecule has 0 spiro atoms. The summed E-state index contributed by atoms with van der Waals surface area (Å²) >= 11 is 0. The topological polar surface area (TPSA) is 66.4 Å². The smallest absolute Gasteiger partial charge is 0.212 e. The van der Waals surface area contributed by atoms with E-state index in [1.807, 2.05) is 44.2 Å². The highest BCUT2D eigenvalue weighted by Crippen LogP contribution is 2.17. The minimum atomic E-state index is -3.39. The Bertz CT molecular complexity index is 497. The molecule has 1 rings (SSSR count). The fourth-order valence-electron chi connectivity index (χ4n) is 2.16. The predicted octanol–water partition coefficient (Wildman–Crippen LogP) is 2.26. The lowest BCUT2D eigenvalue weighted by atomic mass is 10.0. The van der Waals surface area contributed by atoms with E-state index in [1.54, 1.807) is 6.92 Å². The van der Waals surface area contributed by atoms with Gasteiger partial charge in [0.1, 0.15) is 0 Å². The van der Waals surface area contributed by atoms with Gasteiger partial charge in [-0.1, -0.05) is 50.6 Å². The molecule has 0 saturated heterocycles. The Balaban J connectivity index is 2.58. The number of sulfonamides is 1. The number of aliphatic hydroxyl groups is 1. The zero-order valence-electron chi connectivity index (χ0n) is 12.5. The minimum Gasteiger partial charge on any atom is -0.389 e. The van der Waals surface area contributed by atoms with Gasteiger partial charge in [0.15, 0.2) is 0 Å². The summed E-state index contributed by atoms with van der Waals surface area (Å²) in [5, 5.41) is 10.0. The Morgan fingerprint density at radius 1 is 1.30 bits per heavy atom. The fraction of sp³-hybridized carbons (Fsp3) is 0.600. The van der Waals surface area contributed by atoms with Crippen LogP contribution in [0.2, 0.25) is 0 Å². The molecule has 20 heavy (non-hydrogen) atoms. The van der Waals surface area contributed by atoms with Crippen molar-refractivity contribution in [1.82, 2.24) is 4.72 Å². The fourth-order valence-corrected chi connectivity index (χ4v) is 3.66. The van der Waals surface area contributed by atoms with E-state index in [9.17, 15) is 13.5 Å². The van der Waals surface area contributed by atoms with Gasteiger partial charge in [-0.2, -0.15) is 0 Å². The first kappa shape index (κ1) is 17.1. The van der Waals surface area contributed by atoms with Gasteiger partial charge in [0.2, 0.25) is 10.0 Å². The van der Waals surface area contributed by atoms with Crippen LogP contribution in [-0.2, 0) is 10.0 Å². The lowest BCUT2D eigenvalue weighted by Crippen LogP contribution is -2.41. The lowest BCUT2D eigenvalue weighted by molar-refractivity contribution is 0.0554. The van der Waals surface area contributed by atoms with Crippen LogP contribution >= 0.6 is 0 Å². The molecule has 0 amide bonds. The third-order valence-corrected chi connectivity index (χ3v) is 4.82. The van der Waals surface area contributed by atoms with Crippen molar-refractivity contribution in [2.45, 2.75) is 45.1 Å². The molecule has 0 fully saturated rings. The monoisotopic (exact) mass is 299 g/mol. The molecule has 0 aromatic heterocycles. The van der Waals surface area contributed by atoms with Crippen LogP contribution in [0, 0.1) is 0 Å². The van der Waals surface area contributed by atoms with Crippen LogP contribution in [0.1, 0.15) is 45.1 Å². The van der Waals surface area contributed by atoms with Gasteiger partial charge >= 0.3 is 0 Å². The molecule has 0 aliphatic rings. The van der Waals surface area contributed by atoms with Crippen molar-refractivity contribution in [3.05, 3.63) is 35.9 Å². The molecule has 0 heterocycles. The van der Waals surface area contributed by atoms with Crippen LogP contribution in [0.15, 0.2) is 30.3 Å². The Kier molecular flexibility index (Phi) is 6.17. The summed E-state index contributed by atoms with van der Waals surface area (Å²) in [6.45, 7) is 5.56. The lowest BCUT2D eigenvalue weighted by Gasteiger charge is -2.23. The van der Waals surface area contributed by atoms with E-state index in [1.165, 1.54) is 0 Å². The Morgan fingerprint density at radius 3 is 2.45 bits per heavy atom. The standard InChI is InChI=1S/C15H25NO3S/c1-4-10-15(3,17)12-16-20(18,19)11-13(2)14-8-6-5-7-9-14/h5-9,13,16-17H,4,10-12H2,1-3H3. The summed E-state index contributed by atoms with van der Waals surface area (Å²) in [5.74, 6) is -0.0519. The molecule has 0 bridgehead atoms. The van der Waals surface area contributed by atoms with E-state index in [0.717, 1.165) is 12.0 Å². The zero-order chi connectivity index (χ0) is 15.2. The molecule has 0 aliphatic heterocycles. The highest BCUT2D eigenvalue weighted by atomic mass is 32.2. The Labute approximate surface area is 122 Å². The van der Waals surface area contributed by atoms with Crippen molar-refractivity contribution in [2.75, 3.05) is 12.3 Å².